The lowest BCUT2D eigenvalue weighted by Gasteiger charge is -1.93. The Labute approximate surface area is 59.6 Å². The van der Waals surface area contributed by atoms with Crippen LogP contribution in [0.1, 0.15) is 6.92 Å². The minimum absolute atomic E-state index is 0.111. The van der Waals surface area contributed by atoms with Crippen molar-refractivity contribution in [2.75, 3.05) is 0 Å². The Morgan fingerprint density at radius 1 is 1.60 bits per heavy atom. The van der Waals surface area contributed by atoms with Crippen LogP contribution in [0.3, 0.4) is 0 Å². The summed E-state index contributed by atoms with van der Waals surface area (Å²) in [5, 5.41) is 0. The highest BCUT2D eigenvalue weighted by molar-refractivity contribution is 5.96. The summed E-state index contributed by atoms with van der Waals surface area (Å²) in [4.78, 5) is 10.4. The van der Waals surface area contributed by atoms with Gasteiger partial charge in [0.25, 0.3) is 0 Å². The molecule has 0 heterocycles. The molecule has 54 valence electrons. The summed E-state index contributed by atoms with van der Waals surface area (Å²) in [5.41, 5.74) is -0.111. The van der Waals surface area contributed by atoms with Gasteiger partial charge in [-0.05, 0) is 13.0 Å². The lowest BCUT2D eigenvalue weighted by Crippen LogP contribution is -1.94. The van der Waals surface area contributed by atoms with Crippen molar-refractivity contribution in [3.63, 3.8) is 0 Å². The van der Waals surface area contributed by atoms with Gasteiger partial charge in [-0.15, -0.1) is 0 Å². The highest BCUT2D eigenvalue weighted by atomic mass is 19.1. The highest BCUT2D eigenvalue weighted by Crippen LogP contribution is 2.09. The largest absolute Gasteiger partial charge is 0.294 e. The molecular formula is C8H9FO. The molecule has 0 aromatic carbocycles. The zero-order valence-electron chi connectivity index (χ0n) is 5.86. The van der Waals surface area contributed by atoms with Crippen LogP contribution in [-0.2, 0) is 4.79 Å². The molecule has 0 aliphatic carbocycles. The Kier molecular flexibility index (Phi) is 3.33. The molecule has 0 spiro atoms. The van der Waals surface area contributed by atoms with Crippen LogP contribution >= 0.6 is 0 Å². The van der Waals surface area contributed by atoms with Crippen molar-refractivity contribution >= 4 is 5.78 Å². The number of ketones is 1. The molecule has 0 fully saturated rings. The lowest BCUT2D eigenvalue weighted by atomic mass is 10.2. The molecular weight excluding hydrogens is 131 g/mol. The summed E-state index contributed by atoms with van der Waals surface area (Å²) < 4.78 is 12.5. The first kappa shape index (κ1) is 8.82. The van der Waals surface area contributed by atoms with E-state index < -0.39 is 5.83 Å². The Bertz CT molecular complexity index is 201. The monoisotopic (exact) mass is 140 g/mol. The van der Waals surface area contributed by atoms with Gasteiger partial charge in [-0.25, -0.2) is 4.39 Å². The first-order valence-corrected chi connectivity index (χ1v) is 2.78. The fourth-order valence-electron chi connectivity index (χ4n) is 0.372. The second-order valence-corrected chi connectivity index (χ2v) is 1.79. The van der Waals surface area contributed by atoms with Crippen molar-refractivity contribution in [3.8, 4) is 0 Å². The molecule has 1 nitrogen and oxygen atoms in total. The molecule has 0 rings (SSSR count). The predicted molar refractivity (Wildman–Crippen MR) is 39.2 cm³/mol. The van der Waals surface area contributed by atoms with Gasteiger partial charge < -0.3 is 0 Å². The molecule has 0 unspecified atom stereocenters. The number of halogens is 1. The van der Waals surface area contributed by atoms with Gasteiger partial charge in [0.15, 0.2) is 5.78 Å². The maximum absolute atomic E-state index is 12.5. The number of rotatable bonds is 3. The van der Waals surface area contributed by atoms with Crippen molar-refractivity contribution < 1.29 is 9.18 Å². The summed E-state index contributed by atoms with van der Waals surface area (Å²) in [7, 11) is 0. The van der Waals surface area contributed by atoms with Crippen LogP contribution in [0, 0.1) is 0 Å². The van der Waals surface area contributed by atoms with E-state index in [1.54, 1.807) is 0 Å². The molecule has 0 N–H and O–H groups in total. The van der Waals surface area contributed by atoms with Crippen molar-refractivity contribution in [1.82, 2.24) is 0 Å². The fraction of sp³-hybridized carbons (Fsp3) is 0.125. The molecule has 2 heteroatoms. The molecule has 10 heavy (non-hydrogen) atoms. The van der Waals surface area contributed by atoms with Gasteiger partial charge in [-0.1, -0.05) is 19.2 Å². The van der Waals surface area contributed by atoms with Crippen molar-refractivity contribution in [3.05, 3.63) is 36.7 Å². The SMILES string of the molecule is C=C/C=C(/F)C(=C)C(C)=O. The molecule has 0 radical (unpaired) electrons. The third-order valence-corrected chi connectivity index (χ3v) is 0.977. The topological polar surface area (TPSA) is 17.1 Å². The van der Waals surface area contributed by atoms with Gasteiger partial charge in [0.2, 0.25) is 0 Å². The van der Waals surface area contributed by atoms with Crippen molar-refractivity contribution in [2.45, 2.75) is 6.92 Å². The third kappa shape index (κ3) is 2.40. The van der Waals surface area contributed by atoms with E-state index in [-0.39, 0.29) is 11.4 Å². The number of hydrogen-bond acceptors (Lipinski definition) is 1. The first-order valence-electron chi connectivity index (χ1n) is 2.78. The van der Waals surface area contributed by atoms with E-state index in [4.69, 9.17) is 0 Å². The van der Waals surface area contributed by atoms with Crippen LogP contribution in [-0.4, -0.2) is 5.78 Å². The number of carbonyl (C=O) groups is 1. The Morgan fingerprint density at radius 2 is 2.10 bits per heavy atom. The van der Waals surface area contributed by atoms with Crippen LogP contribution in [0.4, 0.5) is 4.39 Å². The van der Waals surface area contributed by atoms with Crippen LogP contribution in [0.5, 0.6) is 0 Å². The average molecular weight is 140 g/mol. The first-order chi connectivity index (χ1) is 4.59. The minimum atomic E-state index is -0.623. The van der Waals surface area contributed by atoms with Crippen LogP contribution < -0.4 is 0 Å². The van der Waals surface area contributed by atoms with Gasteiger partial charge in [-0.3, -0.25) is 4.79 Å². The minimum Gasteiger partial charge on any atom is -0.294 e. The summed E-state index contributed by atoms with van der Waals surface area (Å²) in [6, 6.07) is 0. The van der Waals surface area contributed by atoms with Crippen LogP contribution in [0.25, 0.3) is 0 Å². The van der Waals surface area contributed by atoms with Crippen LogP contribution in [0.15, 0.2) is 36.7 Å². The van der Waals surface area contributed by atoms with E-state index in [9.17, 15) is 9.18 Å². The van der Waals surface area contributed by atoms with E-state index >= 15 is 0 Å². The van der Waals surface area contributed by atoms with Gasteiger partial charge in [0.05, 0.1) is 0 Å². The fourth-order valence-corrected chi connectivity index (χ4v) is 0.372. The number of carbonyl (C=O) groups excluding carboxylic acids is 1. The van der Waals surface area contributed by atoms with Gasteiger partial charge >= 0.3 is 0 Å². The normalized spacial score (nSPS) is 10.8. The molecule has 0 aliphatic rings. The number of allylic oxidation sites excluding steroid dienone is 4. The zero-order chi connectivity index (χ0) is 8.15. The quantitative estimate of drug-likeness (QED) is 0.433. The lowest BCUT2D eigenvalue weighted by molar-refractivity contribution is -0.113. The van der Waals surface area contributed by atoms with Crippen molar-refractivity contribution in [1.29, 1.82) is 0 Å². The number of hydrogen-bond donors (Lipinski definition) is 0. The standard InChI is InChI=1S/C8H9FO/c1-4-5-8(9)6(2)7(3)10/h4-5H,1-2H2,3H3/b8-5+. The van der Waals surface area contributed by atoms with E-state index in [2.05, 4.69) is 13.2 Å². The van der Waals surface area contributed by atoms with Gasteiger partial charge in [-0.2, -0.15) is 0 Å². The Morgan fingerprint density at radius 3 is 2.40 bits per heavy atom. The summed E-state index contributed by atoms with van der Waals surface area (Å²) in [6.45, 7) is 7.77. The highest BCUT2D eigenvalue weighted by Gasteiger charge is 2.04. The summed E-state index contributed by atoms with van der Waals surface area (Å²) >= 11 is 0. The number of Topliss-reactive ketones (excluding diaryl/α,β-unsaturated/α-hetero) is 1. The van der Waals surface area contributed by atoms with E-state index in [1.165, 1.54) is 13.0 Å². The molecule has 0 atom stereocenters. The third-order valence-electron chi connectivity index (χ3n) is 0.977. The molecule has 0 aromatic rings. The van der Waals surface area contributed by atoms with E-state index in [0.717, 1.165) is 6.08 Å². The summed E-state index contributed by atoms with van der Waals surface area (Å²) in [6.07, 6.45) is 2.37. The Hall–Kier alpha value is -1.18. The molecule has 0 bridgehead atoms. The molecule has 0 aromatic heterocycles. The van der Waals surface area contributed by atoms with Gasteiger partial charge in [0.1, 0.15) is 5.83 Å². The van der Waals surface area contributed by atoms with Gasteiger partial charge in [0, 0.05) is 5.57 Å². The Balaban J connectivity index is 4.36. The molecule has 0 aliphatic heterocycles. The maximum atomic E-state index is 12.5. The smallest absolute Gasteiger partial charge is 0.162 e. The second kappa shape index (κ2) is 3.77. The molecule has 0 saturated heterocycles. The predicted octanol–water partition coefficient (Wildman–Crippen LogP) is 2.17. The maximum Gasteiger partial charge on any atom is 0.162 e. The van der Waals surface area contributed by atoms with Crippen LogP contribution in [0.2, 0.25) is 0 Å². The average Bonchev–Trinajstić information content (AvgIpc) is 1.87. The zero-order valence-corrected chi connectivity index (χ0v) is 5.86. The van der Waals surface area contributed by atoms with Crippen molar-refractivity contribution in [2.24, 2.45) is 0 Å². The summed E-state index contributed by atoms with van der Waals surface area (Å²) in [5.74, 6) is -0.988. The molecule has 0 saturated carbocycles. The van der Waals surface area contributed by atoms with E-state index in [1.807, 2.05) is 0 Å². The molecule has 0 amide bonds. The van der Waals surface area contributed by atoms with E-state index in [0.29, 0.717) is 0 Å². The second-order valence-electron chi connectivity index (χ2n) is 1.79.